The number of phenols is 1. The van der Waals surface area contributed by atoms with Crippen molar-refractivity contribution in [2.75, 3.05) is 26.9 Å². The number of aromatic hydroxyl groups is 1. The number of rotatable bonds is 10. The van der Waals surface area contributed by atoms with E-state index in [0.717, 1.165) is 0 Å². The number of ketones is 1. The third-order valence-corrected chi connectivity index (χ3v) is 5.55. The van der Waals surface area contributed by atoms with Crippen LogP contribution in [0.15, 0.2) is 48.0 Å². The van der Waals surface area contributed by atoms with Gasteiger partial charge in [-0.05, 0) is 61.7 Å². The molecule has 1 atom stereocenters. The van der Waals surface area contributed by atoms with Gasteiger partial charge in [0, 0.05) is 12.1 Å². The average molecular weight is 484 g/mol. The number of amides is 1. The molecular formula is C27H33NO7. The summed E-state index contributed by atoms with van der Waals surface area (Å²) in [4.78, 5) is 27.5. The van der Waals surface area contributed by atoms with Crippen LogP contribution in [0.4, 0.5) is 0 Å². The van der Waals surface area contributed by atoms with E-state index in [4.69, 9.17) is 14.2 Å². The molecule has 8 nitrogen and oxygen atoms in total. The van der Waals surface area contributed by atoms with Crippen molar-refractivity contribution in [1.82, 2.24) is 4.90 Å². The van der Waals surface area contributed by atoms with Crippen molar-refractivity contribution >= 4 is 17.4 Å². The van der Waals surface area contributed by atoms with Gasteiger partial charge in [-0.1, -0.05) is 19.9 Å². The first kappa shape index (κ1) is 26.1. The van der Waals surface area contributed by atoms with Gasteiger partial charge in [-0.25, -0.2) is 0 Å². The first-order chi connectivity index (χ1) is 16.6. The molecule has 8 heteroatoms. The Bertz CT molecular complexity index is 1090. The van der Waals surface area contributed by atoms with Crippen molar-refractivity contribution in [3.05, 3.63) is 59.2 Å². The van der Waals surface area contributed by atoms with Crippen LogP contribution in [0.3, 0.4) is 0 Å². The topological polar surface area (TPSA) is 106 Å². The molecule has 3 rings (SSSR count). The van der Waals surface area contributed by atoms with Crippen LogP contribution in [0.25, 0.3) is 5.76 Å². The highest BCUT2D eigenvalue weighted by atomic mass is 16.5. The van der Waals surface area contributed by atoms with Gasteiger partial charge in [-0.15, -0.1) is 0 Å². The number of aliphatic hydroxyl groups excluding tert-OH is 1. The zero-order valence-corrected chi connectivity index (χ0v) is 20.8. The predicted octanol–water partition coefficient (Wildman–Crippen LogP) is 4.28. The lowest BCUT2D eigenvalue weighted by molar-refractivity contribution is -0.140. The summed E-state index contributed by atoms with van der Waals surface area (Å²) in [5, 5.41) is 21.5. The minimum atomic E-state index is -0.903. The molecule has 0 saturated carbocycles. The zero-order valence-electron chi connectivity index (χ0n) is 20.8. The van der Waals surface area contributed by atoms with E-state index in [1.807, 2.05) is 27.7 Å². The lowest BCUT2D eigenvalue weighted by Crippen LogP contribution is -2.33. The fraction of sp³-hybridized carbons (Fsp3) is 0.407. The Morgan fingerprint density at radius 2 is 1.74 bits per heavy atom. The third-order valence-electron chi connectivity index (χ3n) is 5.55. The molecule has 2 aromatic carbocycles. The quantitative estimate of drug-likeness (QED) is 0.295. The maximum atomic E-state index is 13.1. The lowest BCUT2D eigenvalue weighted by Gasteiger charge is -2.26. The Morgan fingerprint density at radius 3 is 2.31 bits per heavy atom. The fourth-order valence-electron chi connectivity index (χ4n) is 3.85. The SMILES string of the molecule is COc1ccc(C2/C(=C(/O)c3ccc(OCC(C)C)cc3)C(=O)C(=O)N2CCOC(C)C)cc1O. The van der Waals surface area contributed by atoms with E-state index in [-0.39, 0.29) is 42.1 Å². The Hall–Kier alpha value is -3.52. The molecule has 2 N–H and O–H groups in total. The second kappa shape index (κ2) is 11.3. The van der Waals surface area contributed by atoms with Crippen molar-refractivity contribution in [1.29, 1.82) is 0 Å². The second-order valence-corrected chi connectivity index (χ2v) is 9.07. The molecule has 1 unspecified atom stereocenters. The number of nitrogens with zero attached hydrogens (tertiary/aromatic N) is 1. The zero-order chi connectivity index (χ0) is 25.7. The van der Waals surface area contributed by atoms with Crippen molar-refractivity contribution in [3.63, 3.8) is 0 Å². The minimum Gasteiger partial charge on any atom is -0.507 e. The van der Waals surface area contributed by atoms with E-state index in [1.54, 1.807) is 36.4 Å². The van der Waals surface area contributed by atoms with Gasteiger partial charge in [0.25, 0.3) is 11.7 Å². The number of hydrogen-bond donors (Lipinski definition) is 2. The molecule has 188 valence electrons. The maximum Gasteiger partial charge on any atom is 0.295 e. The molecule has 0 aliphatic carbocycles. The summed E-state index contributed by atoms with van der Waals surface area (Å²) in [7, 11) is 1.43. The van der Waals surface area contributed by atoms with E-state index in [0.29, 0.717) is 29.4 Å². The van der Waals surface area contributed by atoms with Crippen molar-refractivity contribution < 1.29 is 34.0 Å². The van der Waals surface area contributed by atoms with Crippen LogP contribution in [0, 0.1) is 5.92 Å². The number of hydrogen-bond acceptors (Lipinski definition) is 7. The number of carbonyl (C=O) groups excluding carboxylic acids is 2. The van der Waals surface area contributed by atoms with E-state index in [1.165, 1.54) is 18.1 Å². The molecule has 1 heterocycles. The Morgan fingerprint density at radius 1 is 1.06 bits per heavy atom. The Labute approximate surface area is 205 Å². The molecule has 1 aliphatic rings. The van der Waals surface area contributed by atoms with Crippen LogP contribution < -0.4 is 9.47 Å². The number of ether oxygens (including phenoxy) is 3. The molecule has 2 aromatic rings. The normalized spacial score (nSPS) is 17.5. The summed E-state index contributed by atoms with van der Waals surface area (Å²) < 4.78 is 16.4. The highest BCUT2D eigenvalue weighted by molar-refractivity contribution is 6.46. The van der Waals surface area contributed by atoms with Crippen LogP contribution in [0.2, 0.25) is 0 Å². The fourth-order valence-corrected chi connectivity index (χ4v) is 3.85. The number of Topliss-reactive ketones (excluding diaryl/α,β-unsaturated/α-hetero) is 1. The van der Waals surface area contributed by atoms with Crippen LogP contribution in [0.5, 0.6) is 17.2 Å². The van der Waals surface area contributed by atoms with Gasteiger partial charge >= 0.3 is 0 Å². The molecule has 1 aliphatic heterocycles. The van der Waals surface area contributed by atoms with Gasteiger partial charge < -0.3 is 29.3 Å². The maximum absolute atomic E-state index is 13.1. The first-order valence-corrected chi connectivity index (χ1v) is 11.6. The van der Waals surface area contributed by atoms with Crippen LogP contribution in [-0.4, -0.2) is 59.8 Å². The Kier molecular flexibility index (Phi) is 8.40. The summed E-state index contributed by atoms with van der Waals surface area (Å²) in [6, 6.07) is 10.4. The summed E-state index contributed by atoms with van der Waals surface area (Å²) in [5.74, 6) is -0.723. The molecule has 0 spiro atoms. The van der Waals surface area contributed by atoms with Gasteiger partial charge in [0.05, 0.1) is 38.0 Å². The minimum absolute atomic E-state index is 0.0493. The van der Waals surface area contributed by atoms with Crippen molar-refractivity contribution in [2.45, 2.75) is 39.8 Å². The third kappa shape index (κ3) is 5.95. The number of carbonyl (C=O) groups is 2. The van der Waals surface area contributed by atoms with E-state index >= 15 is 0 Å². The molecule has 1 amide bonds. The van der Waals surface area contributed by atoms with Gasteiger partial charge in [0.2, 0.25) is 0 Å². The molecule has 1 saturated heterocycles. The van der Waals surface area contributed by atoms with E-state index in [9.17, 15) is 19.8 Å². The largest absolute Gasteiger partial charge is 0.507 e. The van der Waals surface area contributed by atoms with Crippen LogP contribution >= 0.6 is 0 Å². The van der Waals surface area contributed by atoms with Gasteiger partial charge in [-0.3, -0.25) is 9.59 Å². The number of aliphatic hydroxyl groups is 1. The van der Waals surface area contributed by atoms with Gasteiger partial charge in [0.15, 0.2) is 11.5 Å². The molecule has 0 radical (unpaired) electrons. The highest BCUT2D eigenvalue weighted by Gasteiger charge is 2.46. The lowest BCUT2D eigenvalue weighted by atomic mass is 9.95. The predicted molar refractivity (Wildman–Crippen MR) is 132 cm³/mol. The summed E-state index contributed by atoms with van der Waals surface area (Å²) in [6.07, 6.45) is -0.0493. The second-order valence-electron chi connectivity index (χ2n) is 9.07. The summed E-state index contributed by atoms with van der Waals surface area (Å²) >= 11 is 0. The van der Waals surface area contributed by atoms with Crippen LogP contribution in [0.1, 0.15) is 44.9 Å². The van der Waals surface area contributed by atoms with E-state index < -0.39 is 17.7 Å². The smallest absolute Gasteiger partial charge is 0.295 e. The molecule has 0 aromatic heterocycles. The molecule has 0 bridgehead atoms. The van der Waals surface area contributed by atoms with Crippen LogP contribution in [-0.2, 0) is 14.3 Å². The van der Waals surface area contributed by atoms with Crippen molar-refractivity contribution in [3.8, 4) is 17.2 Å². The number of phenolic OH excluding ortho intramolecular Hbond substituents is 1. The molecule has 35 heavy (non-hydrogen) atoms. The summed E-state index contributed by atoms with van der Waals surface area (Å²) in [5.41, 5.74) is 0.784. The monoisotopic (exact) mass is 483 g/mol. The molecular weight excluding hydrogens is 450 g/mol. The molecule has 1 fully saturated rings. The Balaban J connectivity index is 2.03. The number of likely N-dealkylation sites (tertiary alicyclic amines) is 1. The van der Waals surface area contributed by atoms with Crippen molar-refractivity contribution in [2.24, 2.45) is 5.92 Å². The number of methoxy groups -OCH3 is 1. The van der Waals surface area contributed by atoms with E-state index in [2.05, 4.69) is 0 Å². The summed E-state index contributed by atoms with van der Waals surface area (Å²) in [6.45, 7) is 8.74. The highest BCUT2D eigenvalue weighted by Crippen LogP contribution is 2.41. The number of benzene rings is 2. The first-order valence-electron chi connectivity index (χ1n) is 11.6. The standard InChI is InChI=1S/C27H33NO7/c1-16(2)15-35-20-9-6-18(7-10-20)25(30)23-24(19-8-11-22(33-5)21(29)14-19)28(27(32)26(23)31)12-13-34-17(3)4/h6-11,14,16-17,24,29-30H,12-13,15H2,1-5H3/b25-23-. The van der Waals surface area contributed by atoms with Gasteiger partial charge in [0.1, 0.15) is 11.5 Å². The van der Waals surface area contributed by atoms with Gasteiger partial charge in [-0.2, -0.15) is 0 Å². The average Bonchev–Trinajstić information content (AvgIpc) is 3.07.